The summed E-state index contributed by atoms with van der Waals surface area (Å²) in [7, 11) is 1.59. The van der Waals surface area contributed by atoms with E-state index >= 15 is 0 Å². The molecule has 0 aliphatic carbocycles. The second-order valence-electron chi connectivity index (χ2n) is 6.72. The van der Waals surface area contributed by atoms with Crippen LogP contribution in [0.1, 0.15) is 23.7 Å². The van der Waals surface area contributed by atoms with Crippen LogP contribution in [0.5, 0.6) is 5.75 Å². The molecule has 160 valence electrons. The van der Waals surface area contributed by atoms with Crippen LogP contribution >= 0.6 is 11.8 Å². The molecule has 3 aromatic rings. The van der Waals surface area contributed by atoms with Gasteiger partial charge in [-0.1, -0.05) is 13.0 Å². The Bertz CT molecular complexity index is 1040. The number of anilines is 2. The fourth-order valence-corrected chi connectivity index (χ4v) is 3.85. The van der Waals surface area contributed by atoms with E-state index < -0.39 is 5.82 Å². The molecule has 7 heteroatoms. The summed E-state index contributed by atoms with van der Waals surface area (Å²) in [6, 6.07) is 19.8. The van der Waals surface area contributed by atoms with Crippen LogP contribution in [0.4, 0.5) is 15.8 Å². The lowest BCUT2D eigenvalue weighted by Crippen LogP contribution is -2.24. The molecule has 0 aliphatic heterocycles. The molecule has 5 nitrogen and oxygen atoms in total. The van der Waals surface area contributed by atoms with Gasteiger partial charge in [0.1, 0.15) is 11.6 Å². The quantitative estimate of drug-likeness (QED) is 0.450. The number of carbonyl (C=O) groups excluding carboxylic acids is 2. The maximum Gasteiger partial charge on any atom is 0.255 e. The molecule has 0 saturated heterocycles. The van der Waals surface area contributed by atoms with E-state index in [-0.39, 0.29) is 17.1 Å². The molecule has 1 atom stereocenters. The second-order valence-corrected chi connectivity index (χ2v) is 8.00. The molecule has 3 aromatic carbocycles. The number of benzene rings is 3. The highest BCUT2D eigenvalue weighted by atomic mass is 32.2. The fourth-order valence-electron chi connectivity index (χ4n) is 2.84. The van der Waals surface area contributed by atoms with E-state index in [1.54, 1.807) is 37.4 Å². The zero-order valence-corrected chi connectivity index (χ0v) is 18.0. The van der Waals surface area contributed by atoms with Crippen molar-refractivity contribution in [2.24, 2.45) is 0 Å². The minimum atomic E-state index is -0.395. The third kappa shape index (κ3) is 6.33. The van der Waals surface area contributed by atoms with Gasteiger partial charge in [0.15, 0.2) is 0 Å². The molecule has 0 aromatic heterocycles. The molecule has 0 saturated carbocycles. The lowest BCUT2D eigenvalue weighted by Gasteiger charge is -2.16. The van der Waals surface area contributed by atoms with Gasteiger partial charge in [0.25, 0.3) is 5.91 Å². The van der Waals surface area contributed by atoms with Crippen molar-refractivity contribution in [1.82, 2.24) is 0 Å². The Morgan fingerprint density at radius 2 is 1.68 bits per heavy atom. The molecule has 2 amide bonds. The van der Waals surface area contributed by atoms with Gasteiger partial charge in [0, 0.05) is 21.8 Å². The van der Waals surface area contributed by atoms with Gasteiger partial charge in [0.2, 0.25) is 5.91 Å². The Morgan fingerprint density at radius 1 is 0.968 bits per heavy atom. The SMILES string of the molecule is CCC(Sc1cccc(NC(=O)c2ccc(F)cc2)c1)C(=O)Nc1ccc(OC)cc1. The molecule has 2 N–H and O–H groups in total. The number of nitrogens with one attached hydrogen (secondary N) is 2. The summed E-state index contributed by atoms with van der Waals surface area (Å²) in [5.41, 5.74) is 1.67. The first-order valence-electron chi connectivity index (χ1n) is 9.77. The van der Waals surface area contributed by atoms with Crippen molar-refractivity contribution in [3.8, 4) is 5.75 Å². The number of carbonyl (C=O) groups is 2. The largest absolute Gasteiger partial charge is 0.497 e. The Hall–Kier alpha value is -3.32. The third-order valence-electron chi connectivity index (χ3n) is 4.50. The Kier molecular flexibility index (Phi) is 7.67. The van der Waals surface area contributed by atoms with Crippen LogP contribution in [-0.2, 0) is 4.79 Å². The smallest absolute Gasteiger partial charge is 0.255 e. The van der Waals surface area contributed by atoms with E-state index in [2.05, 4.69) is 10.6 Å². The summed E-state index contributed by atoms with van der Waals surface area (Å²) < 4.78 is 18.2. The van der Waals surface area contributed by atoms with Gasteiger partial charge in [-0.15, -0.1) is 11.8 Å². The standard InChI is InChI=1S/C24H23FN2O3S/c1-3-22(24(29)26-18-11-13-20(30-2)14-12-18)31-21-6-4-5-19(15-21)27-23(28)16-7-9-17(25)10-8-16/h4-15,22H,3H2,1-2H3,(H,26,29)(H,27,28). The van der Waals surface area contributed by atoms with Crippen LogP contribution in [0, 0.1) is 5.82 Å². The normalized spacial score (nSPS) is 11.5. The Labute approximate surface area is 185 Å². The van der Waals surface area contributed by atoms with E-state index in [1.165, 1.54) is 36.0 Å². The van der Waals surface area contributed by atoms with Crippen molar-refractivity contribution in [1.29, 1.82) is 0 Å². The first-order chi connectivity index (χ1) is 15.0. The molecular formula is C24H23FN2O3S. The summed E-state index contributed by atoms with van der Waals surface area (Å²) in [6.07, 6.45) is 0.638. The Balaban J connectivity index is 1.64. The monoisotopic (exact) mass is 438 g/mol. The second kappa shape index (κ2) is 10.6. The van der Waals surface area contributed by atoms with Gasteiger partial charge in [0.05, 0.1) is 12.4 Å². The number of hydrogen-bond acceptors (Lipinski definition) is 4. The van der Waals surface area contributed by atoms with E-state index in [0.717, 1.165) is 10.6 Å². The van der Waals surface area contributed by atoms with Crippen molar-refractivity contribution >= 4 is 35.0 Å². The van der Waals surface area contributed by atoms with Gasteiger partial charge in [-0.05, 0) is 73.2 Å². The number of ether oxygens (including phenoxy) is 1. The van der Waals surface area contributed by atoms with E-state index in [1.807, 2.05) is 25.1 Å². The molecule has 0 spiro atoms. The number of hydrogen-bond donors (Lipinski definition) is 2. The maximum atomic E-state index is 13.0. The predicted molar refractivity (Wildman–Crippen MR) is 122 cm³/mol. The summed E-state index contributed by atoms with van der Waals surface area (Å²) in [5.74, 6) is -0.0998. The van der Waals surface area contributed by atoms with Crippen molar-refractivity contribution in [2.45, 2.75) is 23.5 Å². The molecule has 0 aliphatic rings. The van der Waals surface area contributed by atoms with Crippen molar-refractivity contribution in [3.63, 3.8) is 0 Å². The maximum absolute atomic E-state index is 13.0. The highest BCUT2D eigenvalue weighted by molar-refractivity contribution is 8.00. The number of rotatable bonds is 8. The van der Waals surface area contributed by atoms with Crippen LogP contribution in [-0.4, -0.2) is 24.2 Å². The molecule has 0 bridgehead atoms. The van der Waals surface area contributed by atoms with Gasteiger partial charge >= 0.3 is 0 Å². The molecular weight excluding hydrogens is 415 g/mol. The Morgan fingerprint density at radius 3 is 2.32 bits per heavy atom. The number of thioether (sulfide) groups is 1. The van der Waals surface area contributed by atoms with E-state index in [0.29, 0.717) is 23.4 Å². The van der Waals surface area contributed by atoms with Crippen molar-refractivity contribution in [2.75, 3.05) is 17.7 Å². The minimum Gasteiger partial charge on any atom is -0.497 e. The molecule has 0 fully saturated rings. The van der Waals surface area contributed by atoms with Crippen LogP contribution in [0.25, 0.3) is 0 Å². The molecule has 3 rings (SSSR count). The van der Waals surface area contributed by atoms with Gasteiger partial charge in [-0.3, -0.25) is 9.59 Å². The number of methoxy groups -OCH3 is 1. The zero-order chi connectivity index (χ0) is 22.2. The van der Waals surface area contributed by atoms with Crippen LogP contribution < -0.4 is 15.4 Å². The third-order valence-corrected chi connectivity index (χ3v) is 5.86. The summed E-state index contributed by atoms with van der Waals surface area (Å²) in [6.45, 7) is 1.95. The molecule has 0 heterocycles. The lowest BCUT2D eigenvalue weighted by atomic mass is 10.2. The minimum absolute atomic E-state index is 0.0987. The fraction of sp³-hybridized carbons (Fsp3) is 0.167. The molecule has 0 radical (unpaired) electrons. The molecule has 31 heavy (non-hydrogen) atoms. The average Bonchev–Trinajstić information content (AvgIpc) is 2.78. The topological polar surface area (TPSA) is 67.4 Å². The van der Waals surface area contributed by atoms with Crippen molar-refractivity contribution in [3.05, 3.63) is 84.2 Å². The lowest BCUT2D eigenvalue weighted by molar-refractivity contribution is -0.115. The zero-order valence-electron chi connectivity index (χ0n) is 17.2. The summed E-state index contributed by atoms with van der Waals surface area (Å²) in [5, 5.41) is 5.42. The van der Waals surface area contributed by atoms with Crippen LogP contribution in [0.2, 0.25) is 0 Å². The first kappa shape index (κ1) is 22.4. The van der Waals surface area contributed by atoms with Crippen LogP contribution in [0.3, 0.4) is 0 Å². The van der Waals surface area contributed by atoms with E-state index in [9.17, 15) is 14.0 Å². The summed E-state index contributed by atoms with van der Waals surface area (Å²) >= 11 is 1.43. The van der Waals surface area contributed by atoms with Gasteiger partial charge < -0.3 is 15.4 Å². The highest BCUT2D eigenvalue weighted by Crippen LogP contribution is 2.29. The number of halogens is 1. The first-order valence-corrected chi connectivity index (χ1v) is 10.6. The average molecular weight is 439 g/mol. The van der Waals surface area contributed by atoms with Gasteiger partial charge in [-0.2, -0.15) is 0 Å². The van der Waals surface area contributed by atoms with Gasteiger partial charge in [-0.25, -0.2) is 4.39 Å². The predicted octanol–water partition coefficient (Wildman–Crippen LogP) is 5.60. The highest BCUT2D eigenvalue weighted by Gasteiger charge is 2.18. The number of amides is 2. The van der Waals surface area contributed by atoms with Crippen LogP contribution in [0.15, 0.2) is 77.7 Å². The van der Waals surface area contributed by atoms with E-state index in [4.69, 9.17) is 4.74 Å². The molecule has 1 unspecified atom stereocenters. The summed E-state index contributed by atoms with van der Waals surface area (Å²) in [4.78, 5) is 25.9. The van der Waals surface area contributed by atoms with Crippen molar-refractivity contribution < 1.29 is 18.7 Å².